The molecule has 1 amide bonds. The van der Waals surface area contributed by atoms with Gasteiger partial charge in [-0.1, -0.05) is 35.0 Å². The SMILES string of the molecule is O=C(NCCOCC#Cc1cn([C@H]2CC[C@@H](COP(=O)(O)[P+]([O-])(O)P([O-])O)O2)c(=O)[nH]c1=O)c1cc(Cl)c(C(=O)O)c(C2=c3cc4c5c(c3Oc3c2cc2c6c3CCCN6CCC2)CCC[N+]=5CCC4)c1Cl. The summed E-state index contributed by atoms with van der Waals surface area (Å²) in [5, 5.41) is 15.3. The van der Waals surface area contributed by atoms with Crippen LogP contribution >= 0.6 is 45.6 Å². The quantitative estimate of drug-likeness (QED) is 0.0427. The second kappa shape index (κ2) is 20.3. The van der Waals surface area contributed by atoms with Crippen LogP contribution in [0.15, 0.2) is 34.0 Å². The monoisotopic (exact) mass is 1090 g/mol. The molecule has 72 heavy (non-hydrogen) atoms. The van der Waals surface area contributed by atoms with Gasteiger partial charge in [0.25, 0.3) is 11.5 Å². The Morgan fingerprint density at radius 2 is 1.78 bits per heavy atom. The highest BCUT2D eigenvalue weighted by Gasteiger charge is 2.51. The van der Waals surface area contributed by atoms with E-state index < -0.39 is 64.5 Å². The van der Waals surface area contributed by atoms with E-state index in [2.05, 4.69) is 48.3 Å². The van der Waals surface area contributed by atoms with Gasteiger partial charge in [0.1, 0.15) is 51.1 Å². The summed E-state index contributed by atoms with van der Waals surface area (Å²) in [6, 6.07) is 5.49. The van der Waals surface area contributed by atoms with Crippen LogP contribution in [0.1, 0.15) is 104 Å². The summed E-state index contributed by atoms with van der Waals surface area (Å²) >= 11 is 14.2. The Hall–Kier alpha value is -4.54. The molecule has 6 aliphatic rings. The molecule has 4 aromatic rings. The fourth-order valence-electron chi connectivity index (χ4n) is 10.8. The van der Waals surface area contributed by atoms with Crippen molar-refractivity contribution in [1.29, 1.82) is 0 Å². The van der Waals surface area contributed by atoms with Gasteiger partial charge in [0, 0.05) is 77.4 Å². The van der Waals surface area contributed by atoms with E-state index in [-0.39, 0.29) is 64.9 Å². The summed E-state index contributed by atoms with van der Waals surface area (Å²) in [5.74, 6) is 4.74. The number of carboxylic acid groups (broad SMARTS) is 1. The molecule has 0 radical (unpaired) electrons. The number of aromatic nitrogens is 2. The van der Waals surface area contributed by atoms with Gasteiger partial charge in [-0.25, -0.2) is 23.6 Å². The number of ether oxygens (including phenoxy) is 3. The highest BCUT2D eigenvalue weighted by atomic mass is 35.5. The maximum absolute atomic E-state index is 14.1. The van der Waals surface area contributed by atoms with Crippen molar-refractivity contribution in [2.24, 2.45) is 0 Å². The molecule has 6 N–H and O–H groups in total. The third kappa shape index (κ3) is 9.25. The maximum atomic E-state index is 14.1. The van der Waals surface area contributed by atoms with Gasteiger partial charge in [-0.2, -0.15) is 0 Å². The molecule has 380 valence electrons. The van der Waals surface area contributed by atoms with Crippen LogP contribution in [0.4, 0.5) is 5.69 Å². The third-order valence-electron chi connectivity index (χ3n) is 13.9. The standard InChI is InChI=1S/C47H48Cl2N5O15P3/c48-34-22-33(45(56)50-13-19-66-18-5-8-27-23-54(47(59)51-44(27)55)35-12-11-28(68-35)24-67-71(62,63)72(64,65)70(60)61)39(49)38(37(34)46(57)58)36-31-20-25-6-1-14-52-16-3-9-29(40(25)52)42(31)69-43-30-10-4-17-53-15-2-7-26(41(30)53)21-32(36)43/h20-23,28,35,60H,1-4,6-7,9-19,24H2,(H,50,56)(H,57,58)(H,62,63)(H,64,65)(H,51,55,59)/t28-,35+/m0/s1. The normalized spacial score (nSPS) is 20.6. The highest BCUT2D eigenvalue weighted by molar-refractivity contribution is 8.60. The molecule has 25 heteroatoms. The van der Waals surface area contributed by atoms with Gasteiger partial charge >= 0.3 is 18.9 Å². The zero-order chi connectivity index (χ0) is 50.8. The number of aromatic carboxylic acids is 1. The van der Waals surface area contributed by atoms with Crippen LogP contribution in [0.25, 0.3) is 5.57 Å². The van der Waals surface area contributed by atoms with E-state index in [1.165, 1.54) is 17.1 Å². The Bertz CT molecular complexity index is 3330. The van der Waals surface area contributed by atoms with Crippen molar-refractivity contribution < 1.29 is 62.5 Å². The molecular weight excluding hydrogens is 1040 g/mol. The predicted molar refractivity (Wildman–Crippen MR) is 262 cm³/mol. The number of H-pyrrole nitrogens is 1. The average Bonchev–Trinajstić information content (AvgIpc) is 3.83. The Morgan fingerprint density at radius 1 is 1.04 bits per heavy atom. The lowest BCUT2D eigenvalue weighted by atomic mass is 9.81. The minimum absolute atomic E-state index is 0.0339. The Morgan fingerprint density at radius 3 is 2.54 bits per heavy atom. The second-order valence-corrected chi connectivity index (χ2v) is 28.6. The smallest absolute Gasteiger partial charge is 0.494 e. The van der Waals surface area contributed by atoms with Crippen LogP contribution in [0, 0.1) is 11.8 Å². The first-order valence-corrected chi connectivity index (χ1v) is 30.1. The number of rotatable bonds is 13. The van der Waals surface area contributed by atoms with Gasteiger partial charge in [0.15, 0.2) is 0 Å². The van der Waals surface area contributed by atoms with Crippen LogP contribution in [0.3, 0.4) is 0 Å². The number of hydrogen-bond acceptors (Lipinski definition) is 14. The van der Waals surface area contributed by atoms with Crippen LogP contribution in [0.2, 0.25) is 10.0 Å². The van der Waals surface area contributed by atoms with Gasteiger partial charge in [-0.3, -0.25) is 28.6 Å². The minimum atomic E-state index is -5.47. The number of aryl methyl sites for hydroxylation is 2. The second-order valence-electron chi connectivity index (χ2n) is 18.3. The van der Waals surface area contributed by atoms with E-state index in [1.54, 1.807) is 0 Å². The molecule has 1 fully saturated rings. The first-order chi connectivity index (χ1) is 34.4. The summed E-state index contributed by atoms with van der Waals surface area (Å²) in [6.07, 6.45) is 6.59. The number of hydrogen-bond donors (Lipinski definition) is 6. The third-order valence-corrected chi connectivity index (χ3v) is 23.2. The molecule has 0 saturated carbocycles. The average molecular weight is 1090 g/mol. The van der Waals surface area contributed by atoms with E-state index in [1.807, 2.05) is 0 Å². The van der Waals surface area contributed by atoms with E-state index in [9.17, 15) is 48.4 Å². The molecule has 1 saturated heterocycles. The zero-order valence-corrected chi connectivity index (χ0v) is 42.6. The zero-order valence-electron chi connectivity index (χ0n) is 38.4. The van der Waals surface area contributed by atoms with Gasteiger partial charge < -0.3 is 44.2 Å². The molecular formula is C47H48Cl2N5O15P3. The van der Waals surface area contributed by atoms with Crippen molar-refractivity contribution in [2.45, 2.75) is 76.5 Å². The van der Waals surface area contributed by atoms with Crippen molar-refractivity contribution in [1.82, 2.24) is 19.4 Å². The van der Waals surface area contributed by atoms with Crippen LogP contribution in [-0.2, 0) is 44.2 Å². The molecule has 5 atom stereocenters. The molecule has 6 aliphatic heterocycles. The highest BCUT2D eigenvalue weighted by Crippen LogP contribution is 2.92. The number of carboxylic acids is 1. The van der Waals surface area contributed by atoms with Crippen LogP contribution in [-0.4, -0.2) is 99.9 Å². The number of fused-ring (bicyclic) bond motifs is 4. The molecule has 0 aliphatic carbocycles. The predicted octanol–water partition coefficient (Wildman–Crippen LogP) is 2.35. The number of halogens is 2. The van der Waals surface area contributed by atoms with Gasteiger partial charge in [0.2, 0.25) is 12.5 Å². The number of aromatic amines is 1. The van der Waals surface area contributed by atoms with Crippen molar-refractivity contribution in [3.05, 3.63) is 116 Å². The van der Waals surface area contributed by atoms with Gasteiger partial charge in [-0.05, 0) is 75.1 Å². The minimum Gasteiger partial charge on any atom is -0.773 e. The Labute approximate surface area is 422 Å². The molecule has 10 rings (SSSR count). The summed E-state index contributed by atoms with van der Waals surface area (Å²) in [4.78, 5) is 109. The Balaban J connectivity index is 0.884. The molecule has 3 unspecified atom stereocenters. The largest absolute Gasteiger partial charge is 0.773 e. The lowest BCUT2D eigenvalue weighted by molar-refractivity contribution is -0.200. The van der Waals surface area contributed by atoms with E-state index in [4.69, 9.17) is 42.3 Å². The lowest BCUT2D eigenvalue weighted by Crippen LogP contribution is -2.45. The topological polar surface area (TPSA) is 288 Å². The summed E-state index contributed by atoms with van der Waals surface area (Å²) in [6.45, 7) is 2.78. The van der Waals surface area contributed by atoms with Gasteiger partial charge in [-0.15, -0.1) is 0 Å². The van der Waals surface area contributed by atoms with Crippen molar-refractivity contribution in [3.63, 3.8) is 0 Å². The lowest BCUT2D eigenvalue weighted by Gasteiger charge is -2.39. The van der Waals surface area contributed by atoms with Gasteiger partial charge in [0.05, 0.1) is 46.1 Å². The van der Waals surface area contributed by atoms with Crippen molar-refractivity contribution in [3.8, 4) is 23.3 Å². The van der Waals surface area contributed by atoms with Crippen LogP contribution in [0.5, 0.6) is 11.5 Å². The fourth-order valence-corrected chi connectivity index (χ4v) is 15.5. The molecule has 20 nitrogen and oxygen atoms in total. The van der Waals surface area contributed by atoms with E-state index >= 15 is 0 Å². The summed E-state index contributed by atoms with van der Waals surface area (Å²) < 4.78 is 38.7. The number of anilines is 1. The van der Waals surface area contributed by atoms with Crippen molar-refractivity contribution >= 4 is 68.8 Å². The first-order valence-electron chi connectivity index (χ1n) is 23.5. The van der Waals surface area contributed by atoms with E-state index in [0.717, 1.165) is 111 Å². The maximum Gasteiger partial charge on any atom is 0.494 e. The summed E-state index contributed by atoms with van der Waals surface area (Å²) in [7, 11) is -14.8. The number of nitrogens with zero attached hydrogens (tertiary/aromatic N) is 3. The van der Waals surface area contributed by atoms with E-state index in [0.29, 0.717) is 27.9 Å². The molecule has 3 aromatic carbocycles. The number of benzene rings is 3. The fraction of sp³-hybridized carbons (Fsp3) is 0.426. The number of carbonyl (C=O) groups excluding carboxylic acids is 1. The summed E-state index contributed by atoms with van der Waals surface area (Å²) in [5.41, 5.74) is 5.03. The van der Waals surface area contributed by atoms with Crippen LogP contribution < -0.4 is 51.1 Å². The van der Waals surface area contributed by atoms with Crippen molar-refractivity contribution in [2.75, 3.05) is 57.4 Å². The molecule has 7 heterocycles. The number of carbonyl (C=O) groups is 2. The Kier molecular flexibility index (Phi) is 14.4. The molecule has 1 aromatic heterocycles. The number of nitrogens with one attached hydrogen (secondary N) is 2. The first kappa shape index (κ1) is 51.0. The number of amides is 1. The molecule has 0 bridgehead atoms. The molecule has 0 spiro atoms.